The molecule has 0 nitrogen and oxygen atoms in total. The average molecular weight is 321 g/mol. The Morgan fingerprint density at radius 2 is 1.20 bits per heavy atom. The summed E-state index contributed by atoms with van der Waals surface area (Å²) in [5, 5.41) is 0. The Balaban J connectivity index is 0. The van der Waals surface area contributed by atoms with Crippen molar-refractivity contribution in [3.05, 3.63) is 0 Å². The van der Waals surface area contributed by atoms with E-state index in [0.29, 0.717) is 0 Å². The van der Waals surface area contributed by atoms with Gasteiger partial charge in [-0.2, -0.15) is 0 Å². The maximum atomic E-state index is 0. The van der Waals surface area contributed by atoms with Crippen molar-refractivity contribution >= 4 is 48.7 Å². The topological polar surface area (TPSA) is 0 Å². The van der Waals surface area contributed by atoms with Gasteiger partial charge in [-0.05, 0) is 11.0 Å². The molecule has 0 bridgehead atoms. The summed E-state index contributed by atoms with van der Waals surface area (Å²) in [5.41, 5.74) is 0. The molecule has 0 aromatic carbocycles. The predicted octanol–water partition coefficient (Wildman–Crippen LogP) is -1.35. The molecule has 0 unspecified atom stereocenters. The van der Waals surface area contributed by atoms with Crippen LogP contribution in [0.2, 0.25) is 0 Å². The van der Waals surface area contributed by atoms with Gasteiger partial charge in [0.25, 0.3) is 0 Å². The summed E-state index contributed by atoms with van der Waals surface area (Å²) in [6, 6.07) is 0. The Morgan fingerprint density at radius 1 is 1.20 bits per heavy atom. The van der Waals surface area contributed by atoms with E-state index < -0.39 is 0 Å². The molecule has 0 aliphatic heterocycles. The van der Waals surface area contributed by atoms with E-state index in [4.69, 9.17) is 0 Å². The van der Waals surface area contributed by atoms with Crippen LogP contribution in [0.25, 0.3) is 0 Å². The molecule has 0 N–H and O–H groups in total. The van der Waals surface area contributed by atoms with Gasteiger partial charge in [0, 0.05) is 59.9 Å². The Hall–Kier alpha value is 3.40. The molecule has 0 aromatic heterocycles. The fraction of sp³-hybridized carbons (Fsp3) is 0. The molecule has 0 saturated heterocycles. The van der Waals surface area contributed by atoms with E-state index in [1.807, 2.05) is 0 Å². The van der Waals surface area contributed by atoms with Crippen molar-refractivity contribution in [1.29, 1.82) is 0 Å². The van der Waals surface area contributed by atoms with Gasteiger partial charge in [-0.25, -0.2) is 0 Å². The average Bonchev–Trinajstić information content (AvgIpc) is 0. The van der Waals surface area contributed by atoms with Crippen LogP contribution >= 0.6 is 0 Å². The Kier molecular flexibility index (Phi) is 209. The zero-order valence-electron chi connectivity index (χ0n) is 4.88. The van der Waals surface area contributed by atoms with Gasteiger partial charge >= 0.3 is 37.7 Å². The molecule has 0 rings (SSSR count). The maximum absolute atomic E-state index is 0. The third-order valence-electron chi connectivity index (χ3n) is 0. The maximum Gasteiger partial charge on any atom is 2.00 e. The molecule has 2 radical (unpaired) electrons. The van der Waals surface area contributed by atoms with Crippen LogP contribution in [0, 0.1) is 0 Å². The number of rotatable bonds is 0. The molecule has 0 saturated carbocycles. The molecule has 0 amide bonds. The number of hydrogen-bond donors (Lipinski definition) is 0. The van der Waals surface area contributed by atoms with Crippen molar-refractivity contribution in [1.82, 2.24) is 0 Å². The minimum absolute atomic E-state index is 0. The summed E-state index contributed by atoms with van der Waals surface area (Å²) in [6.45, 7) is 0. The first-order chi connectivity index (χ1) is 0. The second kappa shape index (κ2) is 26.2. The van der Waals surface area contributed by atoms with Crippen molar-refractivity contribution in [2.45, 2.75) is 0 Å². The third kappa shape index (κ3) is 18.7. The fourth-order valence-electron chi connectivity index (χ4n) is 0. The minimum Gasteiger partial charge on any atom is -1.00 e. The van der Waals surface area contributed by atoms with E-state index in [-0.39, 0.29) is 111 Å². The largest absolute Gasteiger partial charge is 2.00 e. The Labute approximate surface area is 109 Å². The normalized spacial score (nSPS) is 0. The quantitative estimate of drug-likeness (QED) is 0.484. The van der Waals surface area contributed by atoms with Gasteiger partial charge in [-0.15, -0.1) is 0 Å². The second-order valence-electron chi connectivity index (χ2n) is 0. The van der Waals surface area contributed by atoms with E-state index in [1.165, 1.54) is 0 Å². The second-order valence-corrected chi connectivity index (χ2v) is 0. The van der Waals surface area contributed by atoms with Crippen LogP contribution in [0.3, 0.4) is 0 Å². The molecule has 0 fully saturated rings. The standard InChI is InChI=1S/Ca.Mo.Nb.Ni.H3Si.2H/h;;;;1H3;;/q+2;;;;;2*-1. The van der Waals surface area contributed by atoms with Gasteiger partial charge in [0.05, 0.1) is 0 Å². The number of hydrogen-bond acceptors (Lipinski definition) is 0. The van der Waals surface area contributed by atoms with Crippen molar-refractivity contribution in [2.24, 2.45) is 0 Å². The van der Waals surface area contributed by atoms with Crippen LogP contribution in [-0.4, -0.2) is 48.7 Å². The molecule has 0 aliphatic carbocycles. The van der Waals surface area contributed by atoms with Crippen molar-refractivity contribution in [3.8, 4) is 0 Å². The van der Waals surface area contributed by atoms with Crippen molar-refractivity contribution in [3.63, 3.8) is 0 Å². The van der Waals surface area contributed by atoms with Crippen LogP contribution < -0.4 is 0 Å². The van der Waals surface area contributed by atoms with Gasteiger partial charge in [-0.3, -0.25) is 0 Å². The SMILES string of the molecule is [Ca+2].[H-].[H-].[Mo].[Nb].[Ni].[SiH3]. The molecule has 5 heavy (non-hydrogen) atoms. The Morgan fingerprint density at radius 3 is 1.20 bits per heavy atom. The zero-order valence-corrected chi connectivity index (χ0v) is 12.3. The van der Waals surface area contributed by atoms with E-state index in [1.54, 1.807) is 0 Å². The molecule has 0 heterocycles. The summed E-state index contributed by atoms with van der Waals surface area (Å²) in [6.07, 6.45) is 0. The molecule has 32 valence electrons. The molecular weight excluding hydrogens is 316 g/mol. The van der Waals surface area contributed by atoms with Crippen molar-refractivity contribution in [2.75, 3.05) is 0 Å². The molecule has 0 atom stereocenters. The molecule has 5 heteroatoms. The first kappa shape index (κ1) is 39.8. The van der Waals surface area contributed by atoms with Crippen LogP contribution in [0.5, 0.6) is 0 Å². The van der Waals surface area contributed by atoms with E-state index in [2.05, 4.69) is 0 Å². The summed E-state index contributed by atoms with van der Waals surface area (Å²) >= 11 is 0. The van der Waals surface area contributed by atoms with Gasteiger partial charge in [0.1, 0.15) is 0 Å². The van der Waals surface area contributed by atoms with Crippen LogP contribution in [-0.2, 0) is 59.9 Å². The van der Waals surface area contributed by atoms with Crippen LogP contribution in [0.1, 0.15) is 2.85 Å². The first-order valence-electron chi connectivity index (χ1n) is 0. The van der Waals surface area contributed by atoms with E-state index >= 15 is 0 Å². The summed E-state index contributed by atoms with van der Waals surface area (Å²) in [5.74, 6) is 0. The van der Waals surface area contributed by atoms with Gasteiger partial charge in [0.15, 0.2) is 0 Å². The van der Waals surface area contributed by atoms with Crippen molar-refractivity contribution < 1.29 is 62.8 Å². The van der Waals surface area contributed by atoms with Crippen LogP contribution in [0.15, 0.2) is 0 Å². The minimum atomic E-state index is 0. The van der Waals surface area contributed by atoms with Gasteiger partial charge in [0.2, 0.25) is 0 Å². The monoisotopic (exact) mass is 322 g/mol. The molecule has 0 aliphatic rings. The Bertz CT molecular complexity index is 17.7. The molecule has 0 spiro atoms. The third-order valence-corrected chi connectivity index (χ3v) is 0. The predicted molar refractivity (Wildman–Crippen MR) is 17.9 cm³/mol. The zero-order chi connectivity index (χ0) is 0. The van der Waals surface area contributed by atoms with E-state index in [0.717, 1.165) is 0 Å². The van der Waals surface area contributed by atoms with Gasteiger partial charge < -0.3 is 2.85 Å². The molecular formula is H5CaMoNbNiSi. The fourth-order valence-corrected chi connectivity index (χ4v) is 0. The summed E-state index contributed by atoms with van der Waals surface area (Å²) < 4.78 is 0. The molecule has 0 aromatic rings. The van der Waals surface area contributed by atoms with Crippen LogP contribution in [0.4, 0.5) is 0 Å². The first-order valence-corrected chi connectivity index (χ1v) is 0. The smallest absolute Gasteiger partial charge is 1.00 e. The summed E-state index contributed by atoms with van der Waals surface area (Å²) in [7, 11) is 0. The summed E-state index contributed by atoms with van der Waals surface area (Å²) in [4.78, 5) is 0. The van der Waals surface area contributed by atoms with E-state index in [9.17, 15) is 0 Å². The van der Waals surface area contributed by atoms with Gasteiger partial charge in [-0.1, -0.05) is 0 Å².